The van der Waals surface area contributed by atoms with Crippen molar-refractivity contribution in [2.45, 2.75) is 17.5 Å². The van der Waals surface area contributed by atoms with Crippen molar-refractivity contribution in [2.75, 3.05) is 4.90 Å². The molecule has 110 valence electrons. The maximum absolute atomic E-state index is 12.6. The summed E-state index contributed by atoms with van der Waals surface area (Å²) in [6.07, 6.45) is 0. The van der Waals surface area contributed by atoms with Crippen molar-refractivity contribution in [1.82, 2.24) is 4.98 Å². The first-order chi connectivity index (χ1) is 10.7. The van der Waals surface area contributed by atoms with Crippen molar-refractivity contribution >= 4 is 44.4 Å². The van der Waals surface area contributed by atoms with Crippen molar-refractivity contribution in [3.8, 4) is 0 Å². The normalized spacial score (nSPS) is 21.7. The summed E-state index contributed by atoms with van der Waals surface area (Å²) in [5, 5.41) is 0.749. The van der Waals surface area contributed by atoms with Crippen LogP contribution in [-0.4, -0.2) is 16.1 Å². The maximum Gasteiger partial charge on any atom is 0.242 e. The molecule has 0 unspecified atom stereocenters. The second-order valence-electron chi connectivity index (χ2n) is 5.21. The van der Waals surface area contributed by atoms with Crippen LogP contribution in [0.3, 0.4) is 0 Å². The Kier molecular flexibility index (Phi) is 3.39. The first-order valence-electron chi connectivity index (χ1n) is 7.13. The average molecular weight is 326 g/mol. The minimum absolute atomic E-state index is 0.00395. The van der Waals surface area contributed by atoms with Crippen LogP contribution in [0.1, 0.15) is 17.9 Å². The number of amides is 1. The van der Waals surface area contributed by atoms with Gasteiger partial charge in [-0.2, -0.15) is 0 Å². The van der Waals surface area contributed by atoms with Crippen LogP contribution in [0.5, 0.6) is 0 Å². The molecule has 1 fully saturated rings. The molecule has 1 amide bonds. The summed E-state index contributed by atoms with van der Waals surface area (Å²) in [7, 11) is 0. The van der Waals surface area contributed by atoms with Crippen LogP contribution in [0, 0.1) is 0 Å². The standard InChI is InChI=1S/C17H14N2OS2/c1-11-15(20)19(16(21-11)12-7-3-2-4-8-12)17-18-13-9-5-6-10-14(13)22-17/h2-11,16H,1H3/t11-,16+/m1/s1. The molecule has 0 spiro atoms. The van der Waals surface area contributed by atoms with E-state index < -0.39 is 0 Å². The summed E-state index contributed by atoms with van der Waals surface area (Å²) in [6.45, 7) is 1.97. The molecule has 2 aromatic carbocycles. The smallest absolute Gasteiger partial charge is 0.242 e. The third kappa shape index (κ3) is 2.21. The first kappa shape index (κ1) is 13.8. The predicted octanol–water partition coefficient (Wildman–Crippen LogP) is 4.46. The van der Waals surface area contributed by atoms with Crippen molar-refractivity contribution in [3.05, 3.63) is 60.2 Å². The van der Waals surface area contributed by atoms with E-state index in [4.69, 9.17) is 0 Å². The van der Waals surface area contributed by atoms with Crippen LogP contribution in [0.2, 0.25) is 0 Å². The van der Waals surface area contributed by atoms with Gasteiger partial charge in [0.1, 0.15) is 5.37 Å². The molecule has 3 aromatic rings. The third-order valence-electron chi connectivity index (χ3n) is 3.73. The summed E-state index contributed by atoms with van der Waals surface area (Å²) < 4.78 is 1.11. The highest BCUT2D eigenvalue weighted by Crippen LogP contribution is 2.46. The number of anilines is 1. The van der Waals surface area contributed by atoms with E-state index in [-0.39, 0.29) is 16.5 Å². The molecular weight excluding hydrogens is 312 g/mol. The summed E-state index contributed by atoms with van der Waals surface area (Å²) in [4.78, 5) is 19.2. The third-order valence-corrected chi connectivity index (χ3v) is 6.11. The van der Waals surface area contributed by atoms with Gasteiger partial charge in [0.25, 0.3) is 0 Å². The van der Waals surface area contributed by atoms with Crippen LogP contribution in [0.4, 0.5) is 5.13 Å². The number of thiazole rings is 1. The van der Waals surface area contributed by atoms with Crippen molar-refractivity contribution in [3.63, 3.8) is 0 Å². The highest BCUT2D eigenvalue weighted by Gasteiger charge is 2.40. The molecule has 1 aliphatic rings. The Morgan fingerprint density at radius 3 is 2.55 bits per heavy atom. The van der Waals surface area contributed by atoms with Crippen LogP contribution >= 0.6 is 23.1 Å². The highest BCUT2D eigenvalue weighted by molar-refractivity contribution is 8.01. The molecular formula is C17H14N2OS2. The van der Waals surface area contributed by atoms with Crippen LogP contribution < -0.4 is 4.90 Å². The number of fused-ring (bicyclic) bond motifs is 1. The van der Waals surface area contributed by atoms with Crippen molar-refractivity contribution < 1.29 is 4.79 Å². The number of aromatic nitrogens is 1. The van der Waals surface area contributed by atoms with Gasteiger partial charge >= 0.3 is 0 Å². The van der Waals surface area contributed by atoms with Gasteiger partial charge in [0.2, 0.25) is 5.91 Å². The number of thioether (sulfide) groups is 1. The highest BCUT2D eigenvalue weighted by atomic mass is 32.2. The zero-order valence-electron chi connectivity index (χ0n) is 12.0. The van der Waals surface area contributed by atoms with Gasteiger partial charge in [0.15, 0.2) is 5.13 Å². The number of benzene rings is 2. The van der Waals surface area contributed by atoms with Gasteiger partial charge in [-0.25, -0.2) is 4.98 Å². The molecule has 0 N–H and O–H groups in total. The zero-order chi connectivity index (χ0) is 15.1. The molecule has 0 bridgehead atoms. The maximum atomic E-state index is 12.6. The van der Waals surface area contributed by atoms with E-state index in [1.165, 1.54) is 0 Å². The SMILES string of the molecule is C[C@H]1S[C@@H](c2ccccc2)N(c2nc3ccccc3s2)C1=O. The van der Waals surface area contributed by atoms with Crippen LogP contribution in [0.15, 0.2) is 54.6 Å². The lowest BCUT2D eigenvalue weighted by molar-refractivity contribution is -0.117. The Bertz CT molecular complexity index is 798. The largest absolute Gasteiger partial charge is 0.273 e. The van der Waals surface area contributed by atoms with Gasteiger partial charge in [0.05, 0.1) is 15.5 Å². The topological polar surface area (TPSA) is 33.2 Å². The van der Waals surface area contributed by atoms with E-state index in [2.05, 4.69) is 17.1 Å². The van der Waals surface area contributed by atoms with Gasteiger partial charge in [-0.05, 0) is 24.6 Å². The number of para-hydroxylation sites is 1. The Morgan fingerprint density at radius 1 is 1.05 bits per heavy atom. The Labute approximate surface area is 137 Å². The van der Waals surface area contributed by atoms with E-state index >= 15 is 0 Å². The molecule has 1 aliphatic heterocycles. The average Bonchev–Trinajstić information content (AvgIpc) is 3.09. The number of nitrogens with zero attached hydrogens (tertiary/aromatic N) is 2. The fourth-order valence-corrected chi connectivity index (χ4v) is 4.95. The Hall–Kier alpha value is -1.85. The molecule has 0 saturated carbocycles. The Balaban J connectivity index is 1.81. The summed E-state index contributed by atoms with van der Waals surface area (Å²) in [6, 6.07) is 18.2. The van der Waals surface area contributed by atoms with E-state index in [1.54, 1.807) is 23.1 Å². The molecule has 3 nitrogen and oxygen atoms in total. The number of rotatable bonds is 2. The van der Waals surface area contributed by atoms with Gasteiger partial charge in [-0.3, -0.25) is 9.69 Å². The molecule has 0 aliphatic carbocycles. The lowest BCUT2D eigenvalue weighted by Crippen LogP contribution is -2.29. The number of hydrogen-bond donors (Lipinski definition) is 0. The fraction of sp³-hybridized carbons (Fsp3) is 0.176. The van der Waals surface area contributed by atoms with Crippen LogP contribution in [-0.2, 0) is 4.79 Å². The summed E-state index contributed by atoms with van der Waals surface area (Å²) in [5.41, 5.74) is 2.09. The van der Waals surface area contributed by atoms with Gasteiger partial charge in [-0.15, -0.1) is 11.8 Å². The van der Waals surface area contributed by atoms with Crippen molar-refractivity contribution in [2.24, 2.45) is 0 Å². The fourth-order valence-electron chi connectivity index (χ4n) is 2.63. The molecule has 5 heteroatoms. The second-order valence-corrected chi connectivity index (χ2v) is 7.65. The molecule has 4 rings (SSSR count). The quantitative estimate of drug-likeness (QED) is 0.697. The number of carbonyl (C=O) groups excluding carboxylic acids is 1. The minimum atomic E-state index is -0.0442. The minimum Gasteiger partial charge on any atom is -0.273 e. The summed E-state index contributed by atoms with van der Waals surface area (Å²) >= 11 is 3.26. The van der Waals surface area contributed by atoms with Crippen LogP contribution in [0.25, 0.3) is 10.2 Å². The van der Waals surface area contributed by atoms with E-state index in [0.29, 0.717) is 0 Å². The van der Waals surface area contributed by atoms with Crippen molar-refractivity contribution in [1.29, 1.82) is 0 Å². The van der Waals surface area contributed by atoms with E-state index in [9.17, 15) is 4.79 Å². The summed E-state index contributed by atoms with van der Waals surface area (Å²) in [5.74, 6) is 0.137. The molecule has 1 aromatic heterocycles. The lowest BCUT2D eigenvalue weighted by atomic mass is 10.2. The monoisotopic (exact) mass is 326 g/mol. The van der Waals surface area contributed by atoms with E-state index in [0.717, 1.165) is 20.9 Å². The first-order valence-corrected chi connectivity index (χ1v) is 8.89. The second kappa shape index (κ2) is 5.41. The Morgan fingerprint density at radius 2 is 1.77 bits per heavy atom. The van der Waals surface area contributed by atoms with E-state index in [1.807, 2.05) is 54.3 Å². The lowest BCUT2D eigenvalue weighted by Gasteiger charge is -2.21. The molecule has 22 heavy (non-hydrogen) atoms. The van der Waals surface area contributed by atoms with Gasteiger partial charge < -0.3 is 0 Å². The number of hydrogen-bond acceptors (Lipinski definition) is 4. The molecule has 0 radical (unpaired) electrons. The molecule has 1 saturated heterocycles. The predicted molar refractivity (Wildman–Crippen MR) is 93.3 cm³/mol. The molecule has 2 heterocycles. The van der Waals surface area contributed by atoms with Gasteiger partial charge in [0, 0.05) is 0 Å². The number of carbonyl (C=O) groups is 1. The molecule has 2 atom stereocenters. The zero-order valence-corrected chi connectivity index (χ0v) is 13.6. The van der Waals surface area contributed by atoms with Gasteiger partial charge in [-0.1, -0.05) is 53.8 Å².